The van der Waals surface area contributed by atoms with Gasteiger partial charge < -0.3 is 14.2 Å². The first kappa shape index (κ1) is 20.8. The molecule has 152 valence electrons. The summed E-state index contributed by atoms with van der Waals surface area (Å²) in [6.45, 7) is 0. The van der Waals surface area contributed by atoms with Crippen LogP contribution >= 0.6 is 0 Å². The van der Waals surface area contributed by atoms with E-state index in [1.807, 2.05) is 0 Å². The summed E-state index contributed by atoms with van der Waals surface area (Å²) in [5.74, 6) is -0.381. The number of ether oxygens (including phenoxy) is 3. The first-order valence-electron chi connectivity index (χ1n) is 9.03. The predicted molar refractivity (Wildman–Crippen MR) is 111 cm³/mol. The highest BCUT2D eigenvalue weighted by Crippen LogP contribution is 2.25. The van der Waals surface area contributed by atoms with Gasteiger partial charge in [-0.15, -0.1) is 0 Å². The Kier molecular flexibility index (Phi) is 6.60. The molecule has 0 atom stereocenters. The van der Waals surface area contributed by atoms with Gasteiger partial charge in [-0.25, -0.2) is 9.18 Å². The molecule has 30 heavy (non-hydrogen) atoms. The molecule has 3 aromatic rings. The minimum Gasteiger partial charge on any atom is -0.497 e. The van der Waals surface area contributed by atoms with Gasteiger partial charge in [0.2, 0.25) is 0 Å². The average Bonchev–Trinajstić information content (AvgIpc) is 2.78. The summed E-state index contributed by atoms with van der Waals surface area (Å²) in [7, 11) is 3.02. The van der Waals surface area contributed by atoms with Crippen LogP contribution in [0.3, 0.4) is 0 Å². The lowest BCUT2D eigenvalue weighted by Gasteiger charge is -2.08. The Labute approximate surface area is 173 Å². The van der Waals surface area contributed by atoms with Gasteiger partial charge in [0.1, 0.15) is 23.1 Å². The van der Waals surface area contributed by atoms with Gasteiger partial charge >= 0.3 is 5.97 Å². The van der Waals surface area contributed by atoms with Crippen LogP contribution in [0.2, 0.25) is 0 Å². The predicted octanol–water partition coefficient (Wildman–Crippen LogP) is 4.96. The Morgan fingerprint density at radius 2 is 1.53 bits per heavy atom. The van der Waals surface area contributed by atoms with Crippen molar-refractivity contribution >= 4 is 17.8 Å². The normalized spacial score (nSPS) is 10.6. The fourth-order valence-corrected chi connectivity index (χ4v) is 2.70. The minimum absolute atomic E-state index is 0.138. The van der Waals surface area contributed by atoms with Crippen molar-refractivity contribution in [3.63, 3.8) is 0 Å². The molecule has 0 radical (unpaired) electrons. The van der Waals surface area contributed by atoms with Crippen molar-refractivity contribution in [1.29, 1.82) is 0 Å². The Bertz CT molecular complexity index is 1090. The summed E-state index contributed by atoms with van der Waals surface area (Å²) in [4.78, 5) is 24.5. The Balaban J connectivity index is 1.68. The summed E-state index contributed by atoms with van der Waals surface area (Å²) < 4.78 is 29.2. The molecule has 0 spiro atoms. The first-order chi connectivity index (χ1) is 14.5. The number of benzene rings is 3. The van der Waals surface area contributed by atoms with Crippen LogP contribution in [-0.2, 0) is 0 Å². The van der Waals surface area contributed by atoms with Gasteiger partial charge in [-0.05, 0) is 48.0 Å². The number of carbonyl (C=O) groups excluding carboxylic acids is 2. The van der Waals surface area contributed by atoms with Gasteiger partial charge in [0.05, 0.1) is 25.3 Å². The fourth-order valence-electron chi connectivity index (χ4n) is 2.70. The first-order valence-corrected chi connectivity index (χ1v) is 9.03. The van der Waals surface area contributed by atoms with Crippen LogP contribution in [0.4, 0.5) is 4.39 Å². The van der Waals surface area contributed by atoms with Crippen molar-refractivity contribution < 1.29 is 28.2 Å². The van der Waals surface area contributed by atoms with Crippen molar-refractivity contribution in [2.24, 2.45) is 0 Å². The standard InChI is InChI=1S/C24H19FO5/c1-28-18-12-13-20(23(15-18)29-2)22(26)14-9-16-7-10-17(11-8-16)30-24(27)19-5-3-4-6-21(19)25/h3-15H,1-2H3. The second-order valence-electron chi connectivity index (χ2n) is 6.20. The molecule has 0 heterocycles. The lowest BCUT2D eigenvalue weighted by molar-refractivity contribution is 0.0729. The molecule has 0 aliphatic carbocycles. The van der Waals surface area contributed by atoms with Crippen LogP contribution < -0.4 is 14.2 Å². The molecule has 5 nitrogen and oxygen atoms in total. The molecule has 0 amide bonds. The number of carbonyl (C=O) groups is 2. The summed E-state index contributed by atoms with van der Waals surface area (Å²) in [5.41, 5.74) is 0.993. The quantitative estimate of drug-likeness (QED) is 0.240. The number of halogens is 1. The third kappa shape index (κ3) is 4.91. The van der Waals surface area contributed by atoms with Gasteiger partial charge in [0.15, 0.2) is 5.78 Å². The summed E-state index contributed by atoms with van der Waals surface area (Å²) >= 11 is 0. The largest absolute Gasteiger partial charge is 0.497 e. The highest BCUT2D eigenvalue weighted by Gasteiger charge is 2.13. The van der Waals surface area contributed by atoms with Crippen LogP contribution in [0.1, 0.15) is 26.3 Å². The molecule has 0 saturated heterocycles. The Morgan fingerprint density at radius 3 is 2.20 bits per heavy atom. The van der Waals surface area contributed by atoms with Crippen molar-refractivity contribution in [2.75, 3.05) is 14.2 Å². The Morgan fingerprint density at radius 1 is 0.833 bits per heavy atom. The number of allylic oxidation sites excluding steroid dienone is 1. The van der Waals surface area contributed by atoms with E-state index in [-0.39, 0.29) is 17.1 Å². The maximum Gasteiger partial charge on any atom is 0.346 e. The maximum atomic E-state index is 13.7. The highest BCUT2D eigenvalue weighted by molar-refractivity contribution is 6.08. The topological polar surface area (TPSA) is 61.8 Å². The van der Waals surface area contributed by atoms with E-state index in [2.05, 4.69) is 0 Å². The van der Waals surface area contributed by atoms with E-state index in [0.717, 1.165) is 5.56 Å². The SMILES string of the molecule is COc1ccc(C(=O)C=Cc2ccc(OC(=O)c3ccccc3F)cc2)c(OC)c1. The van der Waals surface area contributed by atoms with Crippen LogP contribution in [0, 0.1) is 5.82 Å². The van der Waals surface area contributed by atoms with Gasteiger partial charge in [0, 0.05) is 6.07 Å². The van der Waals surface area contributed by atoms with E-state index < -0.39 is 11.8 Å². The van der Waals surface area contributed by atoms with Crippen molar-refractivity contribution in [3.05, 3.63) is 95.3 Å². The van der Waals surface area contributed by atoms with Gasteiger partial charge in [0.25, 0.3) is 0 Å². The number of rotatable bonds is 7. The molecule has 0 fully saturated rings. The molecule has 0 aliphatic rings. The lowest BCUT2D eigenvalue weighted by Crippen LogP contribution is -2.10. The number of esters is 1. The average molecular weight is 406 g/mol. The number of methoxy groups -OCH3 is 2. The zero-order valence-electron chi connectivity index (χ0n) is 16.4. The third-order valence-corrected chi connectivity index (χ3v) is 4.29. The summed E-state index contributed by atoms with van der Waals surface area (Å²) in [5, 5.41) is 0. The lowest BCUT2D eigenvalue weighted by atomic mass is 10.1. The van der Waals surface area contributed by atoms with E-state index in [0.29, 0.717) is 17.1 Å². The molecule has 0 bridgehead atoms. The van der Waals surface area contributed by atoms with Gasteiger partial charge in [-0.1, -0.05) is 30.3 Å². The fraction of sp³-hybridized carbons (Fsp3) is 0.0833. The van der Waals surface area contributed by atoms with Crippen LogP contribution in [-0.4, -0.2) is 26.0 Å². The highest BCUT2D eigenvalue weighted by atomic mass is 19.1. The number of hydrogen-bond acceptors (Lipinski definition) is 5. The van der Waals surface area contributed by atoms with E-state index in [9.17, 15) is 14.0 Å². The molecule has 0 unspecified atom stereocenters. The van der Waals surface area contributed by atoms with Crippen LogP contribution in [0.5, 0.6) is 17.2 Å². The molecule has 6 heteroatoms. The minimum atomic E-state index is -0.779. The van der Waals surface area contributed by atoms with Crippen LogP contribution in [0.25, 0.3) is 6.08 Å². The molecule has 0 saturated carbocycles. The van der Waals surface area contributed by atoms with E-state index in [1.54, 1.807) is 54.6 Å². The van der Waals surface area contributed by atoms with Gasteiger partial charge in [-0.3, -0.25) is 4.79 Å². The molecule has 0 aromatic heterocycles. The van der Waals surface area contributed by atoms with Crippen molar-refractivity contribution in [1.82, 2.24) is 0 Å². The molecule has 3 aromatic carbocycles. The summed E-state index contributed by atoms with van der Waals surface area (Å²) in [6.07, 6.45) is 3.05. The zero-order valence-corrected chi connectivity index (χ0v) is 16.4. The number of hydrogen-bond donors (Lipinski definition) is 0. The molecule has 3 rings (SSSR count). The van der Waals surface area contributed by atoms with E-state index in [4.69, 9.17) is 14.2 Å². The Hall–Kier alpha value is -3.93. The third-order valence-electron chi connectivity index (χ3n) is 4.29. The zero-order chi connectivity index (χ0) is 21.5. The monoisotopic (exact) mass is 406 g/mol. The smallest absolute Gasteiger partial charge is 0.346 e. The molecule has 0 aliphatic heterocycles. The van der Waals surface area contributed by atoms with Crippen molar-refractivity contribution in [2.45, 2.75) is 0 Å². The van der Waals surface area contributed by atoms with Crippen molar-refractivity contribution in [3.8, 4) is 17.2 Å². The van der Waals surface area contributed by atoms with E-state index in [1.165, 1.54) is 38.5 Å². The van der Waals surface area contributed by atoms with Crippen LogP contribution in [0.15, 0.2) is 72.8 Å². The van der Waals surface area contributed by atoms with E-state index >= 15 is 0 Å². The maximum absolute atomic E-state index is 13.7. The second-order valence-corrected chi connectivity index (χ2v) is 6.20. The van der Waals surface area contributed by atoms with Gasteiger partial charge in [-0.2, -0.15) is 0 Å². The second kappa shape index (κ2) is 9.52. The summed E-state index contributed by atoms with van der Waals surface area (Å²) in [6, 6.07) is 17.1. The molecular formula is C24H19FO5. The number of ketones is 1. The molecule has 0 N–H and O–H groups in total. The molecular weight excluding hydrogens is 387 g/mol.